The molecule has 0 spiro atoms. The molecule has 0 fully saturated rings. The molecule has 1 aromatic rings. The summed E-state index contributed by atoms with van der Waals surface area (Å²) in [6.07, 6.45) is 0.824. The highest BCUT2D eigenvalue weighted by molar-refractivity contribution is 6.30. The summed E-state index contributed by atoms with van der Waals surface area (Å²) in [5, 5.41) is 15.3. The van der Waals surface area contributed by atoms with Crippen molar-refractivity contribution < 1.29 is 19.4 Å². The number of halogens is 1. The zero-order valence-corrected chi connectivity index (χ0v) is 14.3. The molecule has 0 aliphatic rings. The summed E-state index contributed by atoms with van der Waals surface area (Å²) in [5.74, 6) is -0.835. The number of anilines is 1. The lowest BCUT2D eigenvalue weighted by molar-refractivity contribution is -0.143. The number of carbonyl (C=O) groups is 2. The number of methoxy groups -OCH3 is 1. The van der Waals surface area contributed by atoms with Gasteiger partial charge in [0.05, 0.1) is 12.8 Å². The standard InChI is InChI=1S/C16H23ClN2O4/c1-4-10(2)15(16(21)22)19-14(20)7-8-18-12-9-11(17)5-6-13(12)23-3/h5-6,9-10,15,18H,4,7-8H2,1-3H3,(H,19,20)(H,21,22). The Labute approximate surface area is 141 Å². The third-order valence-electron chi connectivity index (χ3n) is 3.62. The summed E-state index contributed by atoms with van der Waals surface area (Å²) in [4.78, 5) is 23.1. The Kier molecular flexibility index (Phi) is 7.68. The molecule has 1 amide bonds. The van der Waals surface area contributed by atoms with Crippen molar-refractivity contribution in [1.29, 1.82) is 0 Å². The lowest BCUT2D eigenvalue weighted by Crippen LogP contribution is -2.45. The third kappa shape index (κ3) is 5.98. The van der Waals surface area contributed by atoms with Crippen LogP contribution in [-0.4, -0.2) is 36.7 Å². The van der Waals surface area contributed by atoms with Crippen LogP contribution >= 0.6 is 11.6 Å². The van der Waals surface area contributed by atoms with Crippen molar-refractivity contribution in [2.75, 3.05) is 19.0 Å². The molecule has 7 heteroatoms. The number of hydrogen-bond acceptors (Lipinski definition) is 4. The molecule has 0 saturated heterocycles. The number of aliphatic carboxylic acids is 1. The monoisotopic (exact) mass is 342 g/mol. The van der Waals surface area contributed by atoms with E-state index in [1.54, 1.807) is 32.2 Å². The average molecular weight is 343 g/mol. The van der Waals surface area contributed by atoms with E-state index in [4.69, 9.17) is 21.4 Å². The first-order valence-electron chi connectivity index (χ1n) is 7.48. The zero-order chi connectivity index (χ0) is 17.4. The van der Waals surface area contributed by atoms with Crippen LogP contribution in [0, 0.1) is 5.92 Å². The van der Waals surface area contributed by atoms with Gasteiger partial charge in [-0.3, -0.25) is 4.79 Å². The highest BCUT2D eigenvalue weighted by atomic mass is 35.5. The maximum absolute atomic E-state index is 11.9. The summed E-state index contributed by atoms with van der Waals surface area (Å²) >= 11 is 5.93. The van der Waals surface area contributed by atoms with Gasteiger partial charge in [-0.25, -0.2) is 4.79 Å². The molecular weight excluding hydrogens is 320 g/mol. The fourth-order valence-corrected chi connectivity index (χ4v) is 2.23. The second kappa shape index (κ2) is 9.25. The predicted molar refractivity (Wildman–Crippen MR) is 90.1 cm³/mol. The van der Waals surface area contributed by atoms with Gasteiger partial charge in [-0.1, -0.05) is 31.9 Å². The maximum Gasteiger partial charge on any atom is 0.326 e. The normalized spacial score (nSPS) is 13.0. The summed E-state index contributed by atoms with van der Waals surface area (Å²) in [7, 11) is 1.55. The van der Waals surface area contributed by atoms with Crippen molar-refractivity contribution in [2.45, 2.75) is 32.7 Å². The first-order chi connectivity index (χ1) is 10.9. The molecule has 0 aliphatic heterocycles. The van der Waals surface area contributed by atoms with E-state index in [0.29, 0.717) is 29.4 Å². The number of carboxylic acid groups (broad SMARTS) is 1. The van der Waals surface area contributed by atoms with Gasteiger partial charge in [-0.2, -0.15) is 0 Å². The second-order valence-electron chi connectivity index (χ2n) is 5.29. The Balaban J connectivity index is 2.53. The van der Waals surface area contributed by atoms with Crippen LogP contribution in [0.15, 0.2) is 18.2 Å². The van der Waals surface area contributed by atoms with Crippen molar-refractivity contribution in [3.63, 3.8) is 0 Å². The largest absolute Gasteiger partial charge is 0.495 e. The van der Waals surface area contributed by atoms with Crippen LogP contribution < -0.4 is 15.4 Å². The van der Waals surface area contributed by atoms with Crippen molar-refractivity contribution in [2.24, 2.45) is 5.92 Å². The van der Waals surface area contributed by atoms with Gasteiger partial charge in [0.25, 0.3) is 0 Å². The van der Waals surface area contributed by atoms with E-state index in [0.717, 1.165) is 0 Å². The Hall–Kier alpha value is -1.95. The smallest absolute Gasteiger partial charge is 0.326 e. The van der Waals surface area contributed by atoms with Crippen LogP contribution in [-0.2, 0) is 9.59 Å². The molecule has 0 aromatic heterocycles. The van der Waals surface area contributed by atoms with Crippen LogP contribution in [0.1, 0.15) is 26.7 Å². The molecule has 128 valence electrons. The number of ether oxygens (including phenoxy) is 1. The van der Waals surface area contributed by atoms with Crippen molar-refractivity contribution in [3.05, 3.63) is 23.2 Å². The van der Waals surface area contributed by atoms with Crippen LogP contribution in [0.3, 0.4) is 0 Å². The number of amides is 1. The Morgan fingerprint density at radius 2 is 2.09 bits per heavy atom. The molecule has 23 heavy (non-hydrogen) atoms. The SMILES string of the molecule is CCC(C)C(NC(=O)CCNc1cc(Cl)ccc1OC)C(=O)O. The molecule has 1 rings (SSSR count). The van der Waals surface area contributed by atoms with E-state index in [9.17, 15) is 9.59 Å². The average Bonchev–Trinajstić information content (AvgIpc) is 2.51. The topological polar surface area (TPSA) is 87.7 Å². The van der Waals surface area contributed by atoms with Crippen LogP contribution in [0.4, 0.5) is 5.69 Å². The van der Waals surface area contributed by atoms with Crippen LogP contribution in [0.5, 0.6) is 5.75 Å². The summed E-state index contributed by atoms with van der Waals surface area (Å²) < 4.78 is 5.20. The first-order valence-corrected chi connectivity index (χ1v) is 7.86. The zero-order valence-electron chi connectivity index (χ0n) is 13.6. The lowest BCUT2D eigenvalue weighted by atomic mass is 9.99. The van der Waals surface area contributed by atoms with Gasteiger partial charge in [0.15, 0.2) is 0 Å². The van der Waals surface area contributed by atoms with Gasteiger partial charge in [0.1, 0.15) is 11.8 Å². The van der Waals surface area contributed by atoms with E-state index < -0.39 is 12.0 Å². The van der Waals surface area contributed by atoms with E-state index in [1.807, 2.05) is 6.92 Å². The summed E-state index contributed by atoms with van der Waals surface area (Å²) in [5.41, 5.74) is 0.685. The summed E-state index contributed by atoms with van der Waals surface area (Å²) in [6.45, 7) is 4.03. The molecule has 6 nitrogen and oxygen atoms in total. The summed E-state index contributed by atoms with van der Waals surface area (Å²) in [6, 6.07) is 4.28. The Morgan fingerprint density at radius 3 is 2.65 bits per heavy atom. The maximum atomic E-state index is 11.9. The number of hydrogen-bond donors (Lipinski definition) is 3. The fraction of sp³-hybridized carbons (Fsp3) is 0.500. The lowest BCUT2D eigenvalue weighted by Gasteiger charge is -2.20. The number of carbonyl (C=O) groups excluding carboxylic acids is 1. The minimum Gasteiger partial charge on any atom is -0.495 e. The van der Waals surface area contributed by atoms with E-state index in [2.05, 4.69) is 10.6 Å². The first kappa shape index (κ1) is 19.1. The Bertz CT molecular complexity index is 551. The minimum absolute atomic E-state index is 0.127. The van der Waals surface area contributed by atoms with Crippen LogP contribution in [0.2, 0.25) is 5.02 Å². The van der Waals surface area contributed by atoms with Crippen molar-refractivity contribution in [1.82, 2.24) is 5.32 Å². The number of rotatable bonds is 9. The highest BCUT2D eigenvalue weighted by Gasteiger charge is 2.24. The second-order valence-corrected chi connectivity index (χ2v) is 5.73. The molecule has 0 saturated carbocycles. The molecule has 3 N–H and O–H groups in total. The molecule has 2 atom stereocenters. The number of benzene rings is 1. The van der Waals surface area contributed by atoms with Gasteiger partial charge in [-0.15, -0.1) is 0 Å². The van der Waals surface area contributed by atoms with E-state index in [1.165, 1.54) is 0 Å². The molecule has 0 radical (unpaired) electrons. The molecule has 0 bridgehead atoms. The van der Waals surface area contributed by atoms with E-state index >= 15 is 0 Å². The number of nitrogens with one attached hydrogen (secondary N) is 2. The van der Waals surface area contributed by atoms with Gasteiger partial charge in [0, 0.05) is 18.0 Å². The van der Waals surface area contributed by atoms with Gasteiger partial charge in [-0.05, 0) is 24.1 Å². The van der Waals surface area contributed by atoms with Gasteiger partial charge < -0.3 is 20.5 Å². The Morgan fingerprint density at radius 1 is 1.39 bits per heavy atom. The highest BCUT2D eigenvalue weighted by Crippen LogP contribution is 2.27. The quantitative estimate of drug-likeness (QED) is 0.642. The van der Waals surface area contributed by atoms with Crippen LogP contribution in [0.25, 0.3) is 0 Å². The molecule has 0 heterocycles. The molecule has 1 aromatic carbocycles. The van der Waals surface area contributed by atoms with Gasteiger partial charge >= 0.3 is 5.97 Å². The number of carboxylic acids is 1. The minimum atomic E-state index is -1.02. The molecule has 0 aliphatic carbocycles. The van der Waals surface area contributed by atoms with Crippen molar-refractivity contribution >= 4 is 29.2 Å². The van der Waals surface area contributed by atoms with E-state index in [-0.39, 0.29) is 18.2 Å². The van der Waals surface area contributed by atoms with Gasteiger partial charge in [0.2, 0.25) is 5.91 Å². The fourth-order valence-electron chi connectivity index (χ4n) is 2.06. The third-order valence-corrected chi connectivity index (χ3v) is 3.86. The molecule has 2 unspecified atom stereocenters. The predicted octanol–water partition coefficient (Wildman–Crippen LogP) is 2.77. The van der Waals surface area contributed by atoms with Crippen molar-refractivity contribution in [3.8, 4) is 5.75 Å². The molecular formula is C16H23ClN2O4.